The summed E-state index contributed by atoms with van der Waals surface area (Å²) in [6.07, 6.45) is 3.35. The first-order valence-electron chi connectivity index (χ1n) is 6.78. The Morgan fingerprint density at radius 2 is 2.25 bits per heavy atom. The summed E-state index contributed by atoms with van der Waals surface area (Å²) in [5, 5.41) is 4.63. The first-order valence-corrected chi connectivity index (χ1v) is 7.86. The summed E-state index contributed by atoms with van der Waals surface area (Å²) >= 11 is 2.27. The van der Waals surface area contributed by atoms with E-state index in [1.807, 2.05) is 17.7 Å². The first-order chi connectivity index (χ1) is 9.61. The van der Waals surface area contributed by atoms with Gasteiger partial charge < -0.3 is 10.5 Å². The molecule has 1 unspecified atom stereocenters. The lowest BCUT2D eigenvalue weighted by molar-refractivity contribution is 0.408. The molecule has 1 atom stereocenters. The Balaban J connectivity index is 2.11. The summed E-state index contributed by atoms with van der Waals surface area (Å²) < 4.78 is 8.40. The summed E-state index contributed by atoms with van der Waals surface area (Å²) in [4.78, 5) is 0. The van der Waals surface area contributed by atoms with Gasteiger partial charge in [0.05, 0.1) is 22.4 Å². The zero-order chi connectivity index (χ0) is 14.3. The molecule has 1 aliphatic carbocycles. The molecule has 0 fully saturated rings. The molecular weight excluding hydrogens is 365 g/mol. The van der Waals surface area contributed by atoms with Crippen LogP contribution >= 0.6 is 22.6 Å². The van der Waals surface area contributed by atoms with Crippen LogP contribution in [0, 0.1) is 10.5 Å². The Kier molecular flexibility index (Phi) is 3.62. The smallest absolute Gasteiger partial charge is 0.136 e. The predicted octanol–water partition coefficient (Wildman–Crippen LogP) is 3.31. The first kappa shape index (κ1) is 13.7. The van der Waals surface area contributed by atoms with Gasteiger partial charge in [-0.1, -0.05) is 6.07 Å². The normalized spacial score (nSPS) is 17.9. The van der Waals surface area contributed by atoms with E-state index in [4.69, 9.17) is 10.5 Å². The Hall–Kier alpha value is -1.24. The number of aromatic nitrogens is 2. The Bertz CT molecular complexity index is 651. The third kappa shape index (κ3) is 2.17. The fourth-order valence-electron chi connectivity index (χ4n) is 2.92. The topological polar surface area (TPSA) is 53.1 Å². The van der Waals surface area contributed by atoms with E-state index in [-0.39, 0.29) is 6.04 Å². The molecule has 5 heteroatoms. The largest absolute Gasteiger partial charge is 0.497 e. The number of halogens is 1. The van der Waals surface area contributed by atoms with Crippen LogP contribution in [0.15, 0.2) is 18.2 Å². The molecule has 2 aromatic rings. The maximum absolute atomic E-state index is 6.22. The fraction of sp³-hybridized carbons (Fsp3) is 0.400. The van der Waals surface area contributed by atoms with Gasteiger partial charge in [-0.15, -0.1) is 0 Å². The summed E-state index contributed by atoms with van der Waals surface area (Å²) in [5.74, 6) is 1.66. The van der Waals surface area contributed by atoms with Crippen molar-refractivity contribution < 1.29 is 4.74 Å². The van der Waals surface area contributed by atoms with Crippen LogP contribution in [0.4, 0.5) is 5.82 Å². The maximum atomic E-state index is 6.22. The molecule has 0 radical (unpaired) electrons. The Labute approximate surface area is 132 Å². The van der Waals surface area contributed by atoms with Crippen molar-refractivity contribution in [1.29, 1.82) is 0 Å². The van der Waals surface area contributed by atoms with Gasteiger partial charge in [0.1, 0.15) is 11.6 Å². The highest BCUT2D eigenvalue weighted by Gasteiger charge is 2.25. The summed E-state index contributed by atoms with van der Waals surface area (Å²) in [7, 11) is 1.70. The van der Waals surface area contributed by atoms with Crippen LogP contribution in [0.1, 0.15) is 35.7 Å². The van der Waals surface area contributed by atoms with E-state index in [1.54, 1.807) is 7.11 Å². The average molecular weight is 383 g/mol. The minimum atomic E-state index is 0.219. The number of hydrogen-bond donors (Lipinski definition) is 1. The number of nitrogens with two attached hydrogens (primary N) is 1. The molecule has 0 spiro atoms. The number of nitrogens with zero attached hydrogens (tertiary/aromatic N) is 2. The van der Waals surface area contributed by atoms with Crippen LogP contribution in [0.25, 0.3) is 0 Å². The van der Waals surface area contributed by atoms with Gasteiger partial charge in [-0.2, -0.15) is 5.10 Å². The predicted molar refractivity (Wildman–Crippen MR) is 88.2 cm³/mol. The number of methoxy groups -OCH3 is 1. The van der Waals surface area contributed by atoms with Crippen LogP contribution in [0.3, 0.4) is 0 Å². The molecule has 0 aliphatic heterocycles. The van der Waals surface area contributed by atoms with Crippen molar-refractivity contribution in [3.05, 3.63) is 38.6 Å². The van der Waals surface area contributed by atoms with Crippen molar-refractivity contribution in [2.75, 3.05) is 12.8 Å². The zero-order valence-corrected chi connectivity index (χ0v) is 13.8. The second-order valence-corrected chi connectivity index (χ2v) is 6.28. The van der Waals surface area contributed by atoms with Gasteiger partial charge >= 0.3 is 0 Å². The molecule has 1 heterocycles. The second kappa shape index (κ2) is 5.27. The Morgan fingerprint density at radius 1 is 1.45 bits per heavy atom. The van der Waals surface area contributed by atoms with Crippen molar-refractivity contribution in [2.45, 2.75) is 32.2 Å². The maximum Gasteiger partial charge on any atom is 0.136 e. The molecule has 0 bridgehead atoms. The number of aryl methyl sites for hydroxylation is 2. The van der Waals surface area contributed by atoms with Gasteiger partial charge in [0.2, 0.25) is 0 Å². The van der Waals surface area contributed by atoms with E-state index in [2.05, 4.69) is 39.8 Å². The van der Waals surface area contributed by atoms with E-state index in [0.717, 1.165) is 33.7 Å². The molecule has 1 aromatic heterocycles. The standard InChI is InChI=1S/C15H18IN3O/c1-9-14(16)15(17)19(18-9)13-5-3-4-10-6-7-11(20-2)8-12(10)13/h6-8,13H,3-5,17H2,1-2H3. The lowest BCUT2D eigenvalue weighted by atomic mass is 9.87. The highest BCUT2D eigenvalue weighted by atomic mass is 127. The molecule has 2 N–H and O–H groups in total. The van der Waals surface area contributed by atoms with Crippen LogP contribution in [0.2, 0.25) is 0 Å². The molecule has 0 amide bonds. The SMILES string of the molecule is COc1ccc2c(c1)C(n1nc(C)c(I)c1N)CCC2. The van der Waals surface area contributed by atoms with Crippen molar-refractivity contribution in [1.82, 2.24) is 9.78 Å². The van der Waals surface area contributed by atoms with Crippen LogP contribution < -0.4 is 10.5 Å². The minimum Gasteiger partial charge on any atom is -0.497 e. The zero-order valence-electron chi connectivity index (χ0n) is 11.7. The molecule has 106 valence electrons. The van der Waals surface area contributed by atoms with Gasteiger partial charge in [0, 0.05) is 0 Å². The monoisotopic (exact) mass is 383 g/mol. The number of fused-ring (bicyclic) bond motifs is 1. The van der Waals surface area contributed by atoms with Gasteiger partial charge in [-0.3, -0.25) is 0 Å². The summed E-state index contributed by atoms with van der Waals surface area (Å²) in [6, 6.07) is 6.54. The molecule has 1 aliphatic rings. The lowest BCUT2D eigenvalue weighted by Gasteiger charge is -2.27. The number of anilines is 1. The highest BCUT2D eigenvalue weighted by molar-refractivity contribution is 14.1. The summed E-state index contributed by atoms with van der Waals surface area (Å²) in [6.45, 7) is 2.00. The minimum absolute atomic E-state index is 0.219. The molecule has 1 aromatic carbocycles. The van der Waals surface area contributed by atoms with Crippen LogP contribution in [-0.4, -0.2) is 16.9 Å². The molecule has 0 saturated carbocycles. The fourth-order valence-corrected chi connectivity index (χ4v) is 3.27. The number of benzene rings is 1. The van der Waals surface area contributed by atoms with Crippen molar-refractivity contribution in [3.8, 4) is 5.75 Å². The highest BCUT2D eigenvalue weighted by Crippen LogP contribution is 2.37. The van der Waals surface area contributed by atoms with Crippen molar-refractivity contribution >= 4 is 28.4 Å². The molecule has 3 rings (SSSR count). The van der Waals surface area contributed by atoms with Crippen molar-refractivity contribution in [3.63, 3.8) is 0 Å². The van der Waals surface area contributed by atoms with Gasteiger partial charge in [0.15, 0.2) is 0 Å². The number of rotatable bonds is 2. The third-order valence-corrected chi connectivity index (χ3v) is 5.31. The van der Waals surface area contributed by atoms with E-state index >= 15 is 0 Å². The molecular formula is C15H18IN3O. The van der Waals surface area contributed by atoms with Crippen molar-refractivity contribution in [2.24, 2.45) is 0 Å². The molecule has 20 heavy (non-hydrogen) atoms. The van der Waals surface area contributed by atoms with Crippen LogP contribution in [0.5, 0.6) is 5.75 Å². The molecule has 4 nitrogen and oxygen atoms in total. The summed E-state index contributed by atoms with van der Waals surface area (Å²) in [5.41, 5.74) is 9.89. The van der Waals surface area contributed by atoms with Gasteiger partial charge in [-0.25, -0.2) is 4.68 Å². The Morgan fingerprint density at radius 3 is 2.90 bits per heavy atom. The average Bonchev–Trinajstić information content (AvgIpc) is 2.73. The molecule has 0 saturated heterocycles. The van der Waals surface area contributed by atoms with Gasteiger partial charge in [-0.05, 0) is 72.0 Å². The van der Waals surface area contributed by atoms with E-state index in [9.17, 15) is 0 Å². The quantitative estimate of drug-likeness (QED) is 0.810. The van der Waals surface area contributed by atoms with Gasteiger partial charge in [0.25, 0.3) is 0 Å². The number of ether oxygens (including phenoxy) is 1. The van der Waals surface area contributed by atoms with E-state index in [1.165, 1.54) is 17.5 Å². The second-order valence-electron chi connectivity index (χ2n) is 5.20. The number of hydrogen-bond acceptors (Lipinski definition) is 3. The number of nitrogen functional groups attached to an aromatic ring is 1. The lowest BCUT2D eigenvalue weighted by Crippen LogP contribution is -2.20. The van der Waals surface area contributed by atoms with E-state index in [0.29, 0.717) is 0 Å². The third-order valence-electron chi connectivity index (χ3n) is 3.98. The van der Waals surface area contributed by atoms with E-state index < -0.39 is 0 Å². The van der Waals surface area contributed by atoms with Crippen LogP contribution in [-0.2, 0) is 6.42 Å².